The summed E-state index contributed by atoms with van der Waals surface area (Å²) in [6.45, 7) is 0. The van der Waals surface area contributed by atoms with E-state index >= 15 is 0 Å². The van der Waals surface area contributed by atoms with Crippen molar-refractivity contribution in [2.24, 2.45) is 0 Å². The van der Waals surface area contributed by atoms with E-state index in [1.54, 1.807) is 0 Å². The second-order valence-corrected chi connectivity index (χ2v) is 10.3. The molecule has 0 radical (unpaired) electrons. The van der Waals surface area contributed by atoms with Crippen molar-refractivity contribution in [2.45, 2.75) is 9.79 Å². The highest BCUT2D eigenvalue weighted by molar-refractivity contribution is 7.99. The van der Waals surface area contributed by atoms with Crippen molar-refractivity contribution in [3.8, 4) is 22.3 Å². The molecule has 0 saturated carbocycles. The van der Waals surface area contributed by atoms with Crippen LogP contribution in [-0.2, 0) is 0 Å². The number of benzene rings is 6. The quantitative estimate of drug-likeness (QED) is 0.228. The van der Waals surface area contributed by atoms with Gasteiger partial charge >= 0.3 is 0 Å². The zero-order chi connectivity index (χ0) is 24.6. The van der Waals surface area contributed by atoms with Crippen LogP contribution in [0.3, 0.4) is 0 Å². The van der Waals surface area contributed by atoms with E-state index in [9.17, 15) is 0 Å². The van der Waals surface area contributed by atoms with Crippen LogP contribution in [0.2, 0.25) is 0 Å². The summed E-state index contributed by atoms with van der Waals surface area (Å²) < 4.78 is 0. The van der Waals surface area contributed by atoms with Crippen LogP contribution in [0.4, 0.5) is 0 Å². The number of rotatable bonds is 4. The van der Waals surface area contributed by atoms with E-state index in [0.29, 0.717) is 0 Å². The number of fused-ring (bicyclic) bond motifs is 3. The van der Waals surface area contributed by atoms with Gasteiger partial charge in [0.1, 0.15) is 0 Å². The molecule has 37 heavy (non-hydrogen) atoms. The summed E-state index contributed by atoms with van der Waals surface area (Å²) in [5, 5.41) is 7.39. The fourth-order valence-electron chi connectivity index (χ4n) is 5.29. The first kappa shape index (κ1) is 21.8. The monoisotopic (exact) mass is 489 g/mol. The molecule has 0 aliphatic carbocycles. The Morgan fingerprint density at radius 1 is 0.486 bits per heavy atom. The molecule has 0 spiro atoms. The van der Waals surface area contributed by atoms with Crippen molar-refractivity contribution in [1.29, 1.82) is 0 Å². The first-order chi connectivity index (χ1) is 18.4. The lowest BCUT2D eigenvalue weighted by atomic mass is 9.86. The molecule has 1 aromatic heterocycles. The normalized spacial score (nSPS) is 11.4. The zero-order valence-electron chi connectivity index (χ0n) is 20.1. The lowest BCUT2D eigenvalue weighted by molar-refractivity contribution is 1.36. The topological polar surface area (TPSA) is 12.9 Å². The summed E-state index contributed by atoms with van der Waals surface area (Å²) in [5.74, 6) is 0. The molecule has 6 aromatic carbocycles. The van der Waals surface area contributed by atoms with Crippen LogP contribution >= 0.6 is 11.8 Å². The van der Waals surface area contributed by atoms with Crippen LogP contribution in [-0.4, -0.2) is 4.98 Å². The van der Waals surface area contributed by atoms with Gasteiger partial charge in [-0.05, 0) is 79.5 Å². The standard InChI is InChI=1S/C35H23NS/c1-3-11-24(12-4-1)31-21-25-13-7-8-14-26(25)22-32(31)34-28-17-9-10-18-29(28)35(30-19-20-36-23-33(30)34)37-27-15-5-2-6-16-27/h1-23H. The largest absolute Gasteiger partial charge is 0.264 e. The van der Waals surface area contributed by atoms with Crippen LogP contribution in [0.5, 0.6) is 0 Å². The smallest absolute Gasteiger partial charge is 0.0353 e. The molecule has 0 aliphatic heterocycles. The number of hydrogen-bond donors (Lipinski definition) is 0. The van der Waals surface area contributed by atoms with Gasteiger partial charge in [-0.3, -0.25) is 4.98 Å². The molecule has 1 heterocycles. The van der Waals surface area contributed by atoms with Gasteiger partial charge < -0.3 is 0 Å². The molecule has 1 nitrogen and oxygen atoms in total. The maximum absolute atomic E-state index is 4.61. The maximum atomic E-state index is 4.61. The van der Waals surface area contributed by atoms with Crippen LogP contribution < -0.4 is 0 Å². The van der Waals surface area contributed by atoms with Crippen LogP contribution in [0.15, 0.2) is 150 Å². The average Bonchev–Trinajstić information content (AvgIpc) is 2.97. The summed E-state index contributed by atoms with van der Waals surface area (Å²) in [6.07, 6.45) is 3.95. The van der Waals surface area contributed by atoms with Gasteiger partial charge in [-0.1, -0.05) is 109 Å². The number of hydrogen-bond acceptors (Lipinski definition) is 2. The Kier molecular flexibility index (Phi) is 5.45. The minimum Gasteiger partial charge on any atom is -0.264 e. The molecule has 7 rings (SSSR count). The molecular formula is C35H23NS. The van der Waals surface area contributed by atoms with Crippen molar-refractivity contribution in [3.63, 3.8) is 0 Å². The van der Waals surface area contributed by atoms with Gasteiger partial charge in [0.15, 0.2) is 0 Å². The van der Waals surface area contributed by atoms with E-state index in [4.69, 9.17) is 0 Å². The van der Waals surface area contributed by atoms with E-state index in [1.807, 2.05) is 24.2 Å². The lowest BCUT2D eigenvalue weighted by Gasteiger charge is -2.19. The predicted molar refractivity (Wildman–Crippen MR) is 158 cm³/mol. The van der Waals surface area contributed by atoms with Gasteiger partial charge in [0.05, 0.1) is 0 Å². The summed E-state index contributed by atoms with van der Waals surface area (Å²) in [4.78, 5) is 7.11. The van der Waals surface area contributed by atoms with E-state index in [1.165, 1.54) is 64.4 Å². The molecule has 0 atom stereocenters. The molecule has 0 saturated heterocycles. The fourth-order valence-corrected chi connectivity index (χ4v) is 6.40. The molecular weight excluding hydrogens is 466 g/mol. The molecule has 174 valence electrons. The van der Waals surface area contributed by atoms with E-state index < -0.39 is 0 Å². The first-order valence-corrected chi connectivity index (χ1v) is 13.3. The highest BCUT2D eigenvalue weighted by atomic mass is 32.2. The minimum atomic E-state index is 1.17. The SMILES string of the molecule is c1ccc(Sc2c3ccccc3c(-c3cc4ccccc4cc3-c3ccccc3)c3cnccc23)cc1. The highest BCUT2D eigenvalue weighted by Gasteiger charge is 2.19. The second kappa shape index (κ2) is 9.24. The van der Waals surface area contributed by atoms with Gasteiger partial charge in [-0.25, -0.2) is 0 Å². The zero-order valence-corrected chi connectivity index (χ0v) is 21.0. The predicted octanol–water partition coefficient (Wildman–Crippen LogP) is 10.0. The molecule has 0 unspecified atom stereocenters. The Hall–Kier alpha value is -4.40. The molecule has 0 bridgehead atoms. The Labute approximate surface area is 220 Å². The molecule has 0 aliphatic rings. The van der Waals surface area contributed by atoms with Gasteiger partial charge in [0.25, 0.3) is 0 Å². The fraction of sp³-hybridized carbons (Fsp3) is 0. The third kappa shape index (κ3) is 3.87. The highest BCUT2D eigenvalue weighted by Crippen LogP contribution is 2.47. The minimum absolute atomic E-state index is 1.17. The molecule has 0 N–H and O–H groups in total. The van der Waals surface area contributed by atoms with Crippen molar-refractivity contribution in [3.05, 3.63) is 140 Å². The van der Waals surface area contributed by atoms with Gasteiger partial charge in [0, 0.05) is 27.6 Å². The Balaban J connectivity index is 1.61. The number of nitrogens with zero attached hydrogens (tertiary/aromatic N) is 1. The van der Waals surface area contributed by atoms with Crippen molar-refractivity contribution >= 4 is 44.1 Å². The second-order valence-electron chi connectivity index (χ2n) is 9.20. The van der Waals surface area contributed by atoms with E-state index in [2.05, 4.69) is 132 Å². The Morgan fingerprint density at radius 2 is 1.08 bits per heavy atom. The van der Waals surface area contributed by atoms with Crippen LogP contribution in [0.25, 0.3) is 54.6 Å². The Morgan fingerprint density at radius 3 is 1.84 bits per heavy atom. The number of pyridine rings is 1. The van der Waals surface area contributed by atoms with Crippen LogP contribution in [0, 0.1) is 0 Å². The van der Waals surface area contributed by atoms with Crippen LogP contribution in [0.1, 0.15) is 0 Å². The lowest BCUT2D eigenvalue weighted by Crippen LogP contribution is -1.93. The first-order valence-electron chi connectivity index (χ1n) is 12.5. The van der Waals surface area contributed by atoms with E-state index in [0.717, 1.165) is 0 Å². The van der Waals surface area contributed by atoms with Gasteiger partial charge in [0.2, 0.25) is 0 Å². The van der Waals surface area contributed by atoms with E-state index in [-0.39, 0.29) is 0 Å². The summed E-state index contributed by atoms with van der Waals surface area (Å²) in [6, 6.07) is 45.6. The van der Waals surface area contributed by atoms with Crippen molar-refractivity contribution in [1.82, 2.24) is 4.98 Å². The summed E-state index contributed by atoms with van der Waals surface area (Å²) in [7, 11) is 0. The van der Waals surface area contributed by atoms with Gasteiger partial charge in [-0.2, -0.15) is 0 Å². The summed E-state index contributed by atoms with van der Waals surface area (Å²) >= 11 is 1.83. The van der Waals surface area contributed by atoms with Gasteiger partial charge in [-0.15, -0.1) is 0 Å². The molecule has 0 amide bonds. The number of aromatic nitrogens is 1. The molecule has 7 aromatic rings. The maximum Gasteiger partial charge on any atom is 0.0353 e. The molecule has 2 heteroatoms. The van der Waals surface area contributed by atoms with Crippen molar-refractivity contribution in [2.75, 3.05) is 0 Å². The third-order valence-corrected chi connectivity index (χ3v) is 8.13. The Bertz CT molecular complexity index is 1840. The summed E-state index contributed by atoms with van der Waals surface area (Å²) in [5.41, 5.74) is 4.92. The van der Waals surface area contributed by atoms with Crippen molar-refractivity contribution < 1.29 is 0 Å². The average molecular weight is 490 g/mol. The molecule has 0 fully saturated rings. The third-order valence-electron chi connectivity index (χ3n) is 6.98.